The number of rotatable bonds is 14. The molecule has 1 N–H and O–H groups in total. The summed E-state index contributed by atoms with van der Waals surface area (Å²) in [5.41, 5.74) is 3.60. The van der Waals surface area contributed by atoms with Gasteiger partial charge in [0.1, 0.15) is 12.6 Å². The molecule has 0 spiro atoms. The van der Waals surface area contributed by atoms with Crippen LogP contribution in [0.15, 0.2) is 108 Å². The Hall–Kier alpha value is -4.14. The molecule has 4 aromatic carbocycles. The summed E-state index contributed by atoms with van der Waals surface area (Å²) in [5, 5.41) is 3.50. The molecule has 236 valence electrons. The highest BCUT2D eigenvalue weighted by Gasteiger charge is 2.35. The summed E-state index contributed by atoms with van der Waals surface area (Å²) in [6.45, 7) is 5.75. The molecule has 0 radical (unpaired) electrons. The number of hydrogen-bond donors (Lipinski definition) is 1. The average Bonchev–Trinajstić information content (AvgIpc) is 3.02. The van der Waals surface area contributed by atoms with Crippen molar-refractivity contribution in [3.8, 4) is 0 Å². The van der Waals surface area contributed by atoms with Gasteiger partial charge in [0.2, 0.25) is 11.8 Å². The number of nitrogens with one attached hydrogen (secondary N) is 1. The van der Waals surface area contributed by atoms with E-state index >= 15 is 0 Å². The van der Waals surface area contributed by atoms with Gasteiger partial charge in [0, 0.05) is 24.5 Å². The van der Waals surface area contributed by atoms with Crippen molar-refractivity contribution < 1.29 is 18.0 Å². The fourth-order valence-electron chi connectivity index (χ4n) is 5.09. The van der Waals surface area contributed by atoms with Crippen LogP contribution < -0.4 is 9.62 Å². The predicted molar refractivity (Wildman–Crippen MR) is 181 cm³/mol. The minimum absolute atomic E-state index is 0.0598. The molecule has 0 aliphatic carbocycles. The zero-order valence-corrected chi connectivity index (χ0v) is 27.5. The van der Waals surface area contributed by atoms with Crippen molar-refractivity contribution in [2.24, 2.45) is 0 Å². The highest BCUT2D eigenvalue weighted by Crippen LogP contribution is 2.28. The van der Waals surface area contributed by atoms with E-state index in [0.29, 0.717) is 22.8 Å². The predicted octanol–water partition coefficient (Wildman–Crippen LogP) is 6.71. The number of carbonyl (C=O) groups is 2. The summed E-state index contributed by atoms with van der Waals surface area (Å²) in [6, 6.07) is 29.3. The van der Waals surface area contributed by atoms with E-state index in [0.717, 1.165) is 33.8 Å². The van der Waals surface area contributed by atoms with Crippen LogP contribution in [0.2, 0.25) is 5.02 Å². The van der Waals surface area contributed by atoms with Gasteiger partial charge in [-0.3, -0.25) is 13.9 Å². The third-order valence-corrected chi connectivity index (χ3v) is 9.62. The van der Waals surface area contributed by atoms with Gasteiger partial charge < -0.3 is 10.2 Å². The number of unbranched alkanes of at least 4 members (excludes halogenated alkanes) is 1. The number of benzene rings is 4. The minimum atomic E-state index is -4.16. The van der Waals surface area contributed by atoms with Crippen LogP contribution in [0, 0.1) is 13.8 Å². The largest absolute Gasteiger partial charge is 0.354 e. The van der Waals surface area contributed by atoms with E-state index in [1.807, 2.05) is 56.3 Å². The lowest BCUT2D eigenvalue weighted by Gasteiger charge is -2.34. The maximum atomic E-state index is 14.5. The molecule has 4 aromatic rings. The number of anilines is 1. The lowest BCUT2D eigenvalue weighted by atomic mass is 10.0. The second-order valence-electron chi connectivity index (χ2n) is 11.1. The monoisotopic (exact) mass is 645 g/mol. The van der Waals surface area contributed by atoms with Crippen molar-refractivity contribution in [2.75, 3.05) is 17.4 Å². The molecular weight excluding hydrogens is 606 g/mol. The molecule has 45 heavy (non-hydrogen) atoms. The van der Waals surface area contributed by atoms with Crippen molar-refractivity contribution in [1.82, 2.24) is 10.2 Å². The van der Waals surface area contributed by atoms with Gasteiger partial charge in [-0.05, 0) is 67.3 Å². The van der Waals surface area contributed by atoms with Gasteiger partial charge >= 0.3 is 0 Å². The summed E-state index contributed by atoms with van der Waals surface area (Å²) in [7, 11) is -4.16. The van der Waals surface area contributed by atoms with Crippen LogP contribution in [0.3, 0.4) is 0 Å². The quantitative estimate of drug-likeness (QED) is 0.155. The highest BCUT2D eigenvalue weighted by molar-refractivity contribution is 7.92. The summed E-state index contributed by atoms with van der Waals surface area (Å²) in [6.07, 6.45) is 1.94. The second kappa shape index (κ2) is 15.7. The molecule has 4 rings (SSSR count). The van der Waals surface area contributed by atoms with E-state index in [1.165, 1.54) is 4.90 Å². The Morgan fingerprint density at radius 3 is 2.18 bits per heavy atom. The molecule has 0 aliphatic rings. The first kappa shape index (κ1) is 33.7. The Labute approximate surface area is 271 Å². The van der Waals surface area contributed by atoms with E-state index < -0.39 is 28.5 Å². The molecule has 0 aromatic heterocycles. The number of nitrogens with zero attached hydrogens (tertiary/aromatic N) is 2. The van der Waals surface area contributed by atoms with Crippen molar-refractivity contribution in [3.05, 3.63) is 130 Å². The lowest BCUT2D eigenvalue weighted by molar-refractivity contribution is -0.140. The molecule has 0 aliphatic heterocycles. The summed E-state index contributed by atoms with van der Waals surface area (Å²) >= 11 is 6.31. The van der Waals surface area contributed by atoms with E-state index in [-0.39, 0.29) is 23.8 Å². The van der Waals surface area contributed by atoms with Crippen molar-refractivity contribution in [2.45, 2.75) is 57.5 Å². The van der Waals surface area contributed by atoms with Crippen LogP contribution in [-0.2, 0) is 32.6 Å². The smallest absolute Gasteiger partial charge is 0.264 e. The molecule has 0 saturated heterocycles. The van der Waals surface area contributed by atoms with E-state index in [1.54, 1.807) is 67.6 Å². The Morgan fingerprint density at radius 2 is 1.51 bits per heavy atom. The van der Waals surface area contributed by atoms with Crippen LogP contribution in [0.4, 0.5) is 5.69 Å². The maximum Gasteiger partial charge on any atom is 0.264 e. The van der Waals surface area contributed by atoms with Crippen LogP contribution >= 0.6 is 11.6 Å². The molecule has 1 atom stereocenters. The Bertz CT molecular complexity index is 1700. The normalized spacial score (nSPS) is 11.9. The SMILES string of the molecule is CCCCNC(=O)[C@H](Cc1ccccc1)N(Cc1cccc(Cl)c1)C(=O)CN(c1ccccc1C)S(=O)(=O)c1ccc(C)cc1. The van der Waals surface area contributed by atoms with Crippen LogP contribution in [-0.4, -0.2) is 44.3 Å². The maximum absolute atomic E-state index is 14.5. The van der Waals surface area contributed by atoms with Crippen molar-refractivity contribution >= 4 is 39.1 Å². The topological polar surface area (TPSA) is 86.8 Å². The first-order valence-corrected chi connectivity index (χ1v) is 16.9. The Kier molecular flexibility index (Phi) is 11.8. The van der Waals surface area contributed by atoms with Gasteiger partial charge in [0.25, 0.3) is 10.0 Å². The summed E-state index contributed by atoms with van der Waals surface area (Å²) in [4.78, 5) is 29.9. The number of para-hydroxylation sites is 1. The zero-order chi connectivity index (χ0) is 32.4. The minimum Gasteiger partial charge on any atom is -0.354 e. The number of sulfonamides is 1. The Balaban J connectivity index is 1.80. The average molecular weight is 646 g/mol. The molecule has 0 bridgehead atoms. The fraction of sp³-hybridized carbons (Fsp3) is 0.278. The highest BCUT2D eigenvalue weighted by atomic mass is 35.5. The van der Waals surface area contributed by atoms with Gasteiger partial charge in [0.05, 0.1) is 10.6 Å². The molecule has 9 heteroatoms. The third-order valence-electron chi connectivity index (χ3n) is 7.61. The number of amides is 2. The van der Waals surface area contributed by atoms with Gasteiger partial charge in [0.15, 0.2) is 0 Å². The molecule has 0 unspecified atom stereocenters. The van der Waals surface area contributed by atoms with E-state index in [9.17, 15) is 18.0 Å². The number of hydrogen-bond acceptors (Lipinski definition) is 4. The summed E-state index contributed by atoms with van der Waals surface area (Å²) in [5.74, 6) is -0.813. The zero-order valence-electron chi connectivity index (χ0n) is 25.9. The standard InChI is InChI=1S/C36H40ClN3O4S/c1-4-5-22-38-36(42)34(24-29-13-7-6-8-14-29)39(25-30-15-11-16-31(37)23-30)35(41)26-40(33-17-10-9-12-28(33)3)45(43,44)32-20-18-27(2)19-21-32/h6-21,23,34H,4-5,22,24-26H2,1-3H3,(H,38,42)/t34-/m0/s1. The molecule has 0 heterocycles. The van der Waals surface area contributed by atoms with Crippen LogP contribution in [0.1, 0.15) is 42.0 Å². The molecule has 0 fully saturated rings. The third kappa shape index (κ3) is 8.96. The molecule has 2 amide bonds. The lowest BCUT2D eigenvalue weighted by Crippen LogP contribution is -2.53. The van der Waals surface area contributed by atoms with Crippen LogP contribution in [0.5, 0.6) is 0 Å². The second-order valence-corrected chi connectivity index (χ2v) is 13.4. The first-order chi connectivity index (χ1) is 21.6. The first-order valence-electron chi connectivity index (χ1n) is 15.1. The number of halogens is 1. The fourth-order valence-corrected chi connectivity index (χ4v) is 6.78. The van der Waals surface area contributed by atoms with E-state index in [2.05, 4.69) is 5.32 Å². The van der Waals surface area contributed by atoms with Crippen molar-refractivity contribution in [3.63, 3.8) is 0 Å². The number of aryl methyl sites for hydroxylation is 2. The van der Waals surface area contributed by atoms with Crippen molar-refractivity contribution in [1.29, 1.82) is 0 Å². The van der Waals surface area contributed by atoms with Gasteiger partial charge in [-0.15, -0.1) is 0 Å². The van der Waals surface area contributed by atoms with Gasteiger partial charge in [-0.2, -0.15) is 0 Å². The summed E-state index contributed by atoms with van der Waals surface area (Å²) < 4.78 is 29.5. The Morgan fingerprint density at radius 1 is 0.844 bits per heavy atom. The molecule has 7 nitrogen and oxygen atoms in total. The molecular formula is C36H40ClN3O4S. The van der Waals surface area contributed by atoms with Gasteiger partial charge in [-0.25, -0.2) is 8.42 Å². The molecule has 0 saturated carbocycles. The number of carbonyl (C=O) groups excluding carboxylic acids is 2. The van der Waals surface area contributed by atoms with Gasteiger partial charge in [-0.1, -0.05) is 103 Å². The van der Waals surface area contributed by atoms with Crippen LogP contribution in [0.25, 0.3) is 0 Å². The van der Waals surface area contributed by atoms with E-state index in [4.69, 9.17) is 11.6 Å².